The predicted octanol–water partition coefficient (Wildman–Crippen LogP) is 4.51. The van der Waals surface area contributed by atoms with E-state index in [4.69, 9.17) is 4.74 Å². The van der Waals surface area contributed by atoms with E-state index in [9.17, 15) is 0 Å². The van der Waals surface area contributed by atoms with E-state index in [1.807, 2.05) is 0 Å². The fraction of sp³-hybridized carbons (Fsp3) is 0.733. The van der Waals surface area contributed by atoms with E-state index in [1.54, 1.807) is 11.3 Å². The van der Waals surface area contributed by atoms with E-state index in [0.717, 1.165) is 19.0 Å². The van der Waals surface area contributed by atoms with Gasteiger partial charge in [0.05, 0.1) is 5.60 Å². The molecule has 2 aliphatic rings. The molecule has 2 fully saturated rings. The zero-order chi connectivity index (χ0) is 13.3. The van der Waals surface area contributed by atoms with Gasteiger partial charge in [0, 0.05) is 27.8 Å². The Hall–Kier alpha value is 0.1000. The summed E-state index contributed by atoms with van der Waals surface area (Å²) in [7, 11) is 0. The quantitative estimate of drug-likeness (QED) is 0.852. The maximum absolute atomic E-state index is 6.53. The number of rotatable bonds is 2. The number of hydrogen-bond acceptors (Lipinski definition) is 3. The highest BCUT2D eigenvalue weighted by atomic mass is 79.9. The van der Waals surface area contributed by atoms with E-state index in [0.29, 0.717) is 0 Å². The molecule has 1 unspecified atom stereocenters. The summed E-state index contributed by atoms with van der Waals surface area (Å²) in [5, 5.41) is 5.75. The molecule has 0 amide bonds. The van der Waals surface area contributed by atoms with E-state index in [-0.39, 0.29) is 11.7 Å². The van der Waals surface area contributed by atoms with E-state index < -0.39 is 0 Å². The molecule has 3 rings (SSSR count). The lowest BCUT2D eigenvalue weighted by atomic mass is 9.77. The molecule has 0 aromatic carbocycles. The van der Waals surface area contributed by atoms with Crippen molar-refractivity contribution in [3.05, 3.63) is 20.8 Å². The van der Waals surface area contributed by atoms with Gasteiger partial charge in [-0.3, -0.25) is 0 Å². The topological polar surface area (TPSA) is 21.3 Å². The van der Waals surface area contributed by atoms with Crippen molar-refractivity contribution in [1.29, 1.82) is 0 Å². The van der Waals surface area contributed by atoms with Crippen LogP contribution >= 0.6 is 27.3 Å². The molecular formula is C15H22BrNOS. The lowest BCUT2D eigenvalue weighted by Gasteiger charge is -2.45. The third kappa shape index (κ3) is 3.07. The van der Waals surface area contributed by atoms with Crippen LogP contribution in [0.4, 0.5) is 0 Å². The highest BCUT2D eigenvalue weighted by molar-refractivity contribution is 9.10. The normalized spacial score (nSPS) is 35.7. The molecule has 2 heterocycles. The SMILES string of the molecule is CCC1CCC2(CC1)CNCC(c1cc(Br)cs1)O2. The minimum absolute atomic E-state index is 0.102. The first-order valence-corrected chi connectivity index (χ1v) is 9.00. The second-order valence-corrected chi connectivity index (χ2v) is 7.80. The summed E-state index contributed by atoms with van der Waals surface area (Å²) in [5.41, 5.74) is 0.102. The third-order valence-electron chi connectivity index (χ3n) is 4.67. The molecule has 0 radical (unpaired) electrons. The largest absolute Gasteiger partial charge is 0.364 e. The first-order chi connectivity index (χ1) is 9.21. The number of ether oxygens (including phenoxy) is 1. The van der Waals surface area contributed by atoms with Crippen LogP contribution in [0.5, 0.6) is 0 Å². The molecule has 0 bridgehead atoms. The first kappa shape index (κ1) is 14.1. The van der Waals surface area contributed by atoms with Crippen LogP contribution in [0.15, 0.2) is 15.9 Å². The lowest BCUT2D eigenvalue weighted by Crippen LogP contribution is -2.52. The summed E-state index contributed by atoms with van der Waals surface area (Å²) < 4.78 is 7.71. The van der Waals surface area contributed by atoms with Crippen molar-refractivity contribution in [2.24, 2.45) is 5.92 Å². The Balaban J connectivity index is 1.68. The van der Waals surface area contributed by atoms with Crippen molar-refractivity contribution < 1.29 is 4.74 Å². The summed E-state index contributed by atoms with van der Waals surface area (Å²) in [5.74, 6) is 0.922. The Bertz CT molecular complexity index is 426. The second-order valence-electron chi connectivity index (χ2n) is 5.94. The van der Waals surface area contributed by atoms with Gasteiger partial charge in [0.25, 0.3) is 0 Å². The zero-order valence-electron chi connectivity index (χ0n) is 11.5. The Morgan fingerprint density at radius 3 is 2.89 bits per heavy atom. The molecule has 106 valence electrons. The minimum atomic E-state index is 0.102. The van der Waals surface area contributed by atoms with E-state index in [1.165, 1.54) is 41.5 Å². The summed E-state index contributed by atoms with van der Waals surface area (Å²) in [4.78, 5) is 1.34. The van der Waals surface area contributed by atoms with Crippen molar-refractivity contribution in [2.45, 2.75) is 50.7 Å². The Morgan fingerprint density at radius 1 is 1.47 bits per heavy atom. The number of morpholine rings is 1. The molecule has 1 saturated heterocycles. The predicted molar refractivity (Wildman–Crippen MR) is 83.7 cm³/mol. The van der Waals surface area contributed by atoms with Gasteiger partial charge in [-0.25, -0.2) is 0 Å². The van der Waals surface area contributed by atoms with Gasteiger partial charge in [-0.1, -0.05) is 13.3 Å². The molecule has 1 aromatic rings. The molecule has 2 nitrogen and oxygen atoms in total. The number of halogens is 1. The van der Waals surface area contributed by atoms with Crippen LogP contribution in [-0.4, -0.2) is 18.7 Å². The molecular weight excluding hydrogens is 322 g/mol. The summed E-state index contributed by atoms with van der Waals surface area (Å²) in [6.45, 7) is 4.30. The van der Waals surface area contributed by atoms with Gasteiger partial charge < -0.3 is 10.1 Å². The Morgan fingerprint density at radius 2 is 2.26 bits per heavy atom. The van der Waals surface area contributed by atoms with Crippen molar-refractivity contribution in [1.82, 2.24) is 5.32 Å². The van der Waals surface area contributed by atoms with Crippen LogP contribution in [0.2, 0.25) is 0 Å². The fourth-order valence-corrected chi connectivity index (χ4v) is 4.85. The van der Waals surface area contributed by atoms with Gasteiger partial charge in [0.2, 0.25) is 0 Å². The van der Waals surface area contributed by atoms with Crippen molar-refractivity contribution >= 4 is 27.3 Å². The summed E-state index contributed by atoms with van der Waals surface area (Å²) >= 11 is 5.33. The molecule has 1 N–H and O–H groups in total. The number of thiophene rings is 1. The third-order valence-corrected chi connectivity index (χ3v) is 6.45. The fourth-order valence-electron chi connectivity index (χ4n) is 3.38. The van der Waals surface area contributed by atoms with Crippen molar-refractivity contribution in [3.8, 4) is 0 Å². The van der Waals surface area contributed by atoms with Gasteiger partial charge in [0.15, 0.2) is 0 Å². The van der Waals surface area contributed by atoms with Gasteiger partial charge >= 0.3 is 0 Å². The molecule has 1 aromatic heterocycles. The monoisotopic (exact) mass is 343 g/mol. The smallest absolute Gasteiger partial charge is 0.105 e. The molecule has 1 aliphatic heterocycles. The van der Waals surface area contributed by atoms with Crippen molar-refractivity contribution in [2.75, 3.05) is 13.1 Å². The van der Waals surface area contributed by atoms with Gasteiger partial charge in [-0.2, -0.15) is 0 Å². The second kappa shape index (κ2) is 5.84. The van der Waals surface area contributed by atoms with Crippen LogP contribution < -0.4 is 5.32 Å². The van der Waals surface area contributed by atoms with Crippen LogP contribution in [0, 0.1) is 5.92 Å². The van der Waals surface area contributed by atoms with E-state index >= 15 is 0 Å². The maximum Gasteiger partial charge on any atom is 0.105 e. The highest BCUT2D eigenvalue weighted by Crippen LogP contribution is 2.41. The molecule has 4 heteroatoms. The average Bonchev–Trinajstić information content (AvgIpc) is 2.87. The molecule has 1 atom stereocenters. The van der Waals surface area contributed by atoms with Crippen LogP contribution in [0.1, 0.15) is 50.0 Å². The zero-order valence-corrected chi connectivity index (χ0v) is 13.9. The number of nitrogens with one attached hydrogen (secondary N) is 1. The molecule has 19 heavy (non-hydrogen) atoms. The van der Waals surface area contributed by atoms with Crippen LogP contribution in [0.3, 0.4) is 0 Å². The van der Waals surface area contributed by atoms with E-state index in [2.05, 4.69) is 39.6 Å². The lowest BCUT2D eigenvalue weighted by molar-refractivity contribution is -0.140. The minimum Gasteiger partial charge on any atom is -0.364 e. The molecule has 1 aliphatic carbocycles. The van der Waals surface area contributed by atoms with Crippen LogP contribution in [-0.2, 0) is 4.74 Å². The van der Waals surface area contributed by atoms with Crippen molar-refractivity contribution in [3.63, 3.8) is 0 Å². The Labute approximate surface area is 128 Å². The van der Waals surface area contributed by atoms with Gasteiger partial charge in [-0.15, -0.1) is 11.3 Å². The average molecular weight is 344 g/mol. The molecule has 1 saturated carbocycles. The standard InChI is InChI=1S/C15H22BrNOS/c1-2-11-3-5-15(6-4-11)10-17-8-13(18-15)14-7-12(16)9-19-14/h7,9,11,13,17H,2-6,8,10H2,1H3. The first-order valence-electron chi connectivity index (χ1n) is 7.33. The highest BCUT2D eigenvalue weighted by Gasteiger charge is 2.40. The van der Waals surface area contributed by atoms with Gasteiger partial charge in [-0.05, 0) is 53.6 Å². The maximum atomic E-state index is 6.53. The number of hydrogen-bond donors (Lipinski definition) is 1. The molecule has 1 spiro atoms. The van der Waals surface area contributed by atoms with Crippen LogP contribution in [0.25, 0.3) is 0 Å². The summed E-state index contributed by atoms with van der Waals surface area (Å²) in [6.07, 6.45) is 6.68. The Kier molecular flexibility index (Phi) is 4.32. The summed E-state index contributed by atoms with van der Waals surface area (Å²) in [6, 6.07) is 2.20. The van der Waals surface area contributed by atoms with Gasteiger partial charge in [0.1, 0.15) is 6.10 Å².